The molecule has 0 atom stereocenters. The summed E-state index contributed by atoms with van der Waals surface area (Å²) in [6.07, 6.45) is 0.921. The topological polar surface area (TPSA) is 72.7 Å². The van der Waals surface area contributed by atoms with Crippen LogP contribution in [0.25, 0.3) is 33.5 Å². The van der Waals surface area contributed by atoms with E-state index < -0.39 is 0 Å². The molecule has 2 aromatic heterocycles. The van der Waals surface area contributed by atoms with Gasteiger partial charge in [0, 0.05) is 29.6 Å². The second kappa shape index (κ2) is 9.75. The highest BCUT2D eigenvalue weighted by Crippen LogP contribution is 2.32. The van der Waals surface area contributed by atoms with E-state index in [9.17, 15) is 4.79 Å². The van der Waals surface area contributed by atoms with Crippen LogP contribution in [0.1, 0.15) is 20.3 Å². The third-order valence-corrected chi connectivity index (χ3v) is 5.93. The van der Waals surface area contributed by atoms with Crippen molar-refractivity contribution in [3.8, 4) is 22.6 Å². The molecule has 31 heavy (non-hydrogen) atoms. The van der Waals surface area contributed by atoms with E-state index >= 15 is 0 Å². The van der Waals surface area contributed by atoms with Gasteiger partial charge in [-0.05, 0) is 25.5 Å². The number of hydrogen-bond acceptors (Lipinski definition) is 5. The van der Waals surface area contributed by atoms with Gasteiger partial charge < -0.3 is 9.88 Å². The van der Waals surface area contributed by atoms with E-state index in [-0.39, 0.29) is 5.91 Å². The average molecular weight is 432 g/mol. The van der Waals surface area contributed by atoms with Crippen molar-refractivity contribution in [2.45, 2.75) is 32.0 Å². The van der Waals surface area contributed by atoms with Gasteiger partial charge in [-0.2, -0.15) is 0 Å². The molecular formula is C24H25N5OS. The Bertz CT molecular complexity index is 1190. The zero-order valence-electron chi connectivity index (χ0n) is 17.7. The van der Waals surface area contributed by atoms with Crippen LogP contribution in [0, 0.1) is 0 Å². The maximum atomic E-state index is 12.0. The zero-order chi connectivity index (χ0) is 21.6. The number of amides is 1. The van der Waals surface area contributed by atoms with Crippen LogP contribution in [-0.2, 0) is 11.3 Å². The fourth-order valence-corrected chi connectivity index (χ4v) is 4.27. The molecule has 0 spiro atoms. The highest BCUT2D eigenvalue weighted by Gasteiger charge is 2.18. The van der Waals surface area contributed by atoms with Crippen LogP contribution in [0.5, 0.6) is 0 Å². The molecule has 0 aliphatic rings. The van der Waals surface area contributed by atoms with Crippen molar-refractivity contribution in [1.82, 2.24) is 25.1 Å². The van der Waals surface area contributed by atoms with Gasteiger partial charge in [0.05, 0.1) is 17.0 Å². The molecule has 0 unspecified atom stereocenters. The Balaban J connectivity index is 1.74. The van der Waals surface area contributed by atoms with Gasteiger partial charge in [-0.3, -0.25) is 4.79 Å². The van der Waals surface area contributed by atoms with Gasteiger partial charge >= 0.3 is 0 Å². The van der Waals surface area contributed by atoms with Gasteiger partial charge in [0.1, 0.15) is 0 Å². The van der Waals surface area contributed by atoms with E-state index in [0.717, 1.165) is 45.1 Å². The first-order valence-electron chi connectivity index (χ1n) is 10.5. The fraction of sp³-hybridized carbons (Fsp3) is 0.250. The number of carbonyl (C=O) groups excluding carboxylic acids is 1. The zero-order valence-corrected chi connectivity index (χ0v) is 18.5. The molecule has 6 nitrogen and oxygen atoms in total. The molecule has 0 radical (unpaired) electrons. The van der Waals surface area contributed by atoms with Gasteiger partial charge in [-0.15, -0.1) is 10.2 Å². The van der Waals surface area contributed by atoms with Crippen LogP contribution in [0.15, 0.2) is 65.8 Å². The number of pyridine rings is 1. The quantitative estimate of drug-likeness (QED) is 0.406. The SMILES string of the molecule is CCCNC(=O)CSc1nnc(-c2cc(-c3ccccc3)nc3ccccc23)n1CC. The third kappa shape index (κ3) is 4.61. The Morgan fingerprint density at radius 3 is 2.58 bits per heavy atom. The lowest BCUT2D eigenvalue weighted by Gasteiger charge is -2.12. The number of para-hydroxylation sites is 1. The second-order valence-electron chi connectivity index (χ2n) is 7.13. The lowest BCUT2D eigenvalue weighted by Crippen LogP contribution is -2.25. The van der Waals surface area contributed by atoms with Gasteiger partial charge in [-0.25, -0.2) is 4.98 Å². The molecule has 0 fully saturated rings. The Kier molecular flexibility index (Phi) is 6.62. The van der Waals surface area contributed by atoms with Crippen LogP contribution >= 0.6 is 11.8 Å². The highest BCUT2D eigenvalue weighted by molar-refractivity contribution is 7.99. The first-order chi connectivity index (χ1) is 15.2. The number of hydrogen-bond donors (Lipinski definition) is 1. The molecule has 1 N–H and O–H groups in total. The molecule has 158 valence electrons. The van der Waals surface area contributed by atoms with Crippen LogP contribution in [0.3, 0.4) is 0 Å². The Hall–Kier alpha value is -3.19. The predicted octanol–water partition coefficient (Wildman–Crippen LogP) is 4.80. The molecular weight excluding hydrogens is 406 g/mol. The first kappa shape index (κ1) is 21.1. The first-order valence-corrected chi connectivity index (χ1v) is 11.5. The van der Waals surface area contributed by atoms with Gasteiger partial charge in [0.2, 0.25) is 5.91 Å². The minimum Gasteiger partial charge on any atom is -0.355 e. The number of nitrogens with zero attached hydrogens (tertiary/aromatic N) is 4. The van der Waals surface area contributed by atoms with Crippen molar-refractivity contribution in [3.63, 3.8) is 0 Å². The standard InChI is InChI=1S/C24H25N5OS/c1-3-14-25-22(30)16-31-24-28-27-23(29(24)4-2)19-15-21(17-10-6-5-7-11-17)26-20-13-9-8-12-18(19)20/h5-13,15H,3-4,14,16H2,1-2H3,(H,25,30). The molecule has 0 aliphatic heterocycles. The number of thioether (sulfide) groups is 1. The van der Waals surface area contributed by atoms with E-state index in [1.165, 1.54) is 11.8 Å². The summed E-state index contributed by atoms with van der Waals surface area (Å²) in [7, 11) is 0. The minimum atomic E-state index is 0.0137. The molecule has 4 aromatic rings. The molecule has 0 saturated heterocycles. The molecule has 7 heteroatoms. The van der Waals surface area contributed by atoms with Crippen molar-refractivity contribution in [1.29, 1.82) is 0 Å². The van der Waals surface area contributed by atoms with Crippen molar-refractivity contribution >= 4 is 28.6 Å². The summed E-state index contributed by atoms with van der Waals surface area (Å²) in [4.78, 5) is 16.9. The van der Waals surface area contributed by atoms with Crippen molar-refractivity contribution < 1.29 is 4.79 Å². The van der Waals surface area contributed by atoms with E-state index in [2.05, 4.69) is 51.3 Å². The second-order valence-corrected chi connectivity index (χ2v) is 8.07. The molecule has 0 aliphatic carbocycles. The Labute approximate surface area is 186 Å². The van der Waals surface area contributed by atoms with Crippen LogP contribution < -0.4 is 5.32 Å². The normalized spacial score (nSPS) is 11.0. The number of fused-ring (bicyclic) bond motifs is 1. The van der Waals surface area contributed by atoms with Crippen LogP contribution in [0.2, 0.25) is 0 Å². The number of rotatable bonds is 8. The smallest absolute Gasteiger partial charge is 0.230 e. The highest BCUT2D eigenvalue weighted by atomic mass is 32.2. The molecule has 4 rings (SSSR count). The summed E-state index contributed by atoms with van der Waals surface area (Å²) < 4.78 is 2.06. The maximum absolute atomic E-state index is 12.0. The minimum absolute atomic E-state index is 0.0137. The van der Waals surface area contributed by atoms with Gasteiger partial charge in [-0.1, -0.05) is 67.2 Å². The number of carbonyl (C=O) groups is 1. The number of benzene rings is 2. The fourth-order valence-electron chi connectivity index (χ4n) is 3.44. The maximum Gasteiger partial charge on any atom is 0.230 e. The number of nitrogens with one attached hydrogen (secondary N) is 1. The molecule has 0 saturated carbocycles. The summed E-state index contributed by atoms with van der Waals surface area (Å²) in [5, 5.41) is 13.6. The summed E-state index contributed by atoms with van der Waals surface area (Å²) in [5.41, 5.74) is 3.85. The van der Waals surface area contributed by atoms with E-state index in [1.807, 2.05) is 43.3 Å². The lowest BCUT2D eigenvalue weighted by molar-refractivity contribution is -0.118. The van der Waals surface area contributed by atoms with Crippen LogP contribution in [-0.4, -0.2) is 38.0 Å². The molecule has 2 heterocycles. The summed E-state index contributed by atoms with van der Waals surface area (Å²) >= 11 is 1.41. The van der Waals surface area contributed by atoms with E-state index in [1.54, 1.807) is 0 Å². The summed E-state index contributed by atoms with van der Waals surface area (Å²) in [6, 6.07) is 20.3. The van der Waals surface area contributed by atoms with Crippen molar-refractivity contribution in [3.05, 3.63) is 60.7 Å². The Morgan fingerprint density at radius 1 is 1.03 bits per heavy atom. The monoisotopic (exact) mass is 431 g/mol. The van der Waals surface area contributed by atoms with E-state index in [4.69, 9.17) is 4.98 Å². The Morgan fingerprint density at radius 2 is 1.81 bits per heavy atom. The van der Waals surface area contributed by atoms with Crippen LogP contribution in [0.4, 0.5) is 0 Å². The predicted molar refractivity (Wildman–Crippen MR) is 126 cm³/mol. The molecule has 2 aromatic carbocycles. The lowest BCUT2D eigenvalue weighted by atomic mass is 10.0. The van der Waals surface area contributed by atoms with Crippen molar-refractivity contribution in [2.75, 3.05) is 12.3 Å². The van der Waals surface area contributed by atoms with E-state index in [0.29, 0.717) is 18.8 Å². The largest absolute Gasteiger partial charge is 0.355 e. The third-order valence-electron chi connectivity index (χ3n) is 4.96. The van der Waals surface area contributed by atoms with Crippen molar-refractivity contribution in [2.24, 2.45) is 0 Å². The van der Waals surface area contributed by atoms with Gasteiger partial charge in [0.25, 0.3) is 0 Å². The summed E-state index contributed by atoms with van der Waals surface area (Å²) in [6.45, 7) is 5.50. The molecule has 0 bridgehead atoms. The average Bonchev–Trinajstić information content (AvgIpc) is 3.24. The number of aromatic nitrogens is 4. The molecule has 1 amide bonds. The van der Waals surface area contributed by atoms with Gasteiger partial charge in [0.15, 0.2) is 11.0 Å². The summed E-state index contributed by atoms with van der Waals surface area (Å²) in [5.74, 6) is 1.12.